The molecule has 33 heavy (non-hydrogen) atoms. The third-order valence-electron chi connectivity index (χ3n) is 8.02. The number of carbonyl (C=O) groups excluding carboxylic acids is 1. The maximum Gasteiger partial charge on any atom is 0.245 e. The van der Waals surface area contributed by atoms with Crippen LogP contribution in [0.15, 0.2) is 6.07 Å². The highest BCUT2D eigenvalue weighted by Crippen LogP contribution is 2.35. The Morgan fingerprint density at radius 3 is 2.64 bits per heavy atom. The topological polar surface area (TPSA) is 90.0 Å². The maximum absolute atomic E-state index is 13.2. The van der Waals surface area contributed by atoms with E-state index in [0.29, 0.717) is 11.9 Å². The summed E-state index contributed by atoms with van der Waals surface area (Å²) < 4.78 is 0. The van der Waals surface area contributed by atoms with Gasteiger partial charge in [0.1, 0.15) is 11.9 Å². The van der Waals surface area contributed by atoms with Crippen LogP contribution in [-0.2, 0) is 17.6 Å². The molecule has 1 saturated carbocycles. The number of aryl methyl sites for hydroxylation is 1. The van der Waals surface area contributed by atoms with Gasteiger partial charge < -0.3 is 15.1 Å². The molecule has 0 bridgehead atoms. The van der Waals surface area contributed by atoms with E-state index < -0.39 is 0 Å². The Balaban J connectivity index is 1.25. The average Bonchev–Trinajstić information content (AvgIpc) is 3.65. The van der Waals surface area contributed by atoms with Crippen molar-refractivity contribution in [2.75, 3.05) is 29.9 Å². The van der Waals surface area contributed by atoms with Crippen molar-refractivity contribution in [1.29, 1.82) is 0 Å². The van der Waals surface area contributed by atoms with E-state index in [1.54, 1.807) is 0 Å². The lowest BCUT2D eigenvalue weighted by atomic mass is 9.87. The number of rotatable bonds is 5. The molecule has 8 heteroatoms. The monoisotopic (exact) mass is 449 g/mol. The second-order valence-corrected chi connectivity index (χ2v) is 10.2. The van der Waals surface area contributed by atoms with Gasteiger partial charge >= 0.3 is 0 Å². The summed E-state index contributed by atoms with van der Waals surface area (Å²) in [5, 5.41) is 11.3. The van der Waals surface area contributed by atoms with E-state index in [4.69, 9.17) is 9.97 Å². The molecule has 176 valence electrons. The molecule has 0 aromatic carbocycles. The third kappa shape index (κ3) is 4.08. The summed E-state index contributed by atoms with van der Waals surface area (Å²) >= 11 is 0. The Bertz CT molecular complexity index is 1010. The van der Waals surface area contributed by atoms with Gasteiger partial charge in [-0.05, 0) is 57.8 Å². The molecule has 4 heterocycles. The fraction of sp³-hybridized carbons (Fsp3) is 0.680. The lowest BCUT2D eigenvalue weighted by Crippen LogP contribution is -2.45. The Morgan fingerprint density at radius 2 is 1.79 bits per heavy atom. The predicted molar refractivity (Wildman–Crippen MR) is 128 cm³/mol. The predicted octanol–water partition coefficient (Wildman–Crippen LogP) is 4.07. The van der Waals surface area contributed by atoms with Crippen molar-refractivity contribution >= 4 is 23.5 Å². The molecule has 2 N–H and O–H groups in total. The van der Waals surface area contributed by atoms with E-state index in [2.05, 4.69) is 26.5 Å². The van der Waals surface area contributed by atoms with Gasteiger partial charge in [0.05, 0.1) is 5.69 Å². The highest BCUT2D eigenvalue weighted by Gasteiger charge is 2.37. The number of nitrogens with one attached hydrogen (secondary N) is 2. The summed E-state index contributed by atoms with van der Waals surface area (Å²) in [5.74, 6) is 3.26. The molecule has 3 fully saturated rings. The van der Waals surface area contributed by atoms with Crippen molar-refractivity contribution in [2.45, 2.75) is 89.0 Å². The van der Waals surface area contributed by atoms with Crippen LogP contribution in [0.5, 0.6) is 0 Å². The molecule has 0 radical (unpaired) electrons. The van der Waals surface area contributed by atoms with E-state index >= 15 is 0 Å². The van der Waals surface area contributed by atoms with Crippen molar-refractivity contribution in [3.8, 4) is 0 Å². The number of anilines is 3. The Morgan fingerprint density at radius 1 is 0.939 bits per heavy atom. The highest BCUT2D eigenvalue weighted by atomic mass is 16.2. The van der Waals surface area contributed by atoms with Crippen molar-refractivity contribution in [3.63, 3.8) is 0 Å². The Hall–Kier alpha value is -2.64. The zero-order chi connectivity index (χ0) is 22.2. The van der Waals surface area contributed by atoms with Crippen LogP contribution >= 0.6 is 0 Å². The molecule has 2 aliphatic carbocycles. The van der Waals surface area contributed by atoms with Crippen LogP contribution < -0.4 is 10.2 Å². The highest BCUT2D eigenvalue weighted by molar-refractivity contribution is 5.85. The Labute approximate surface area is 195 Å². The number of likely N-dealkylation sites (tertiary alicyclic amines) is 1. The molecular weight excluding hydrogens is 414 g/mol. The molecule has 6 rings (SSSR count). The molecule has 0 spiro atoms. The first-order valence-corrected chi connectivity index (χ1v) is 13.0. The standard InChI is InChI=1S/C25H35N7O/c33-24(31-13-4-5-14-31)21-12-7-15-32(21)25-26-19-11-6-10-18(19)23(28-25)27-22-16-20(29-30-22)17-8-2-1-3-9-17/h16-17,21H,1-15H2,(H2,26,27,28,29,30). The fourth-order valence-corrected chi connectivity index (χ4v) is 6.21. The number of aromatic amines is 1. The second kappa shape index (κ2) is 8.95. The van der Waals surface area contributed by atoms with Crippen LogP contribution in [0.25, 0.3) is 0 Å². The van der Waals surface area contributed by atoms with Crippen molar-refractivity contribution in [3.05, 3.63) is 23.0 Å². The summed E-state index contributed by atoms with van der Waals surface area (Å²) in [6, 6.07) is 2.04. The van der Waals surface area contributed by atoms with Gasteiger partial charge in [-0.2, -0.15) is 10.1 Å². The average molecular weight is 450 g/mol. The summed E-state index contributed by atoms with van der Waals surface area (Å²) in [5.41, 5.74) is 3.58. The molecule has 2 aliphatic heterocycles. The van der Waals surface area contributed by atoms with Crippen LogP contribution in [0, 0.1) is 0 Å². The molecule has 1 atom stereocenters. The first kappa shape index (κ1) is 20.9. The number of hydrogen-bond donors (Lipinski definition) is 2. The zero-order valence-electron chi connectivity index (χ0n) is 19.5. The minimum absolute atomic E-state index is 0.126. The Kier molecular flexibility index (Phi) is 5.68. The van der Waals surface area contributed by atoms with Crippen molar-refractivity contribution < 1.29 is 4.79 Å². The smallest absolute Gasteiger partial charge is 0.245 e. The third-order valence-corrected chi connectivity index (χ3v) is 8.02. The second-order valence-electron chi connectivity index (χ2n) is 10.2. The van der Waals surface area contributed by atoms with Crippen LogP contribution in [0.4, 0.5) is 17.6 Å². The first-order valence-electron chi connectivity index (χ1n) is 13.0. The van der Waals surface area contributed by atoms with Gasteiger partial charge in [-0.1, -0.05) is 19.3 Å². The van der Waals surface area contributed by atoms with Gasteiger partial charge in [0.15, 0.2) is 5.82 Å². The molecule has 4 aliphatic rings. The number of amides is 1. The molecule has 2 aromatic rings. The van der Waals surface area contributed by atoms with Crippen molar-refractivity contribution in [1.82, 2.24) is 25.1 Å². The van der Waals surface area contributed by atoms with E-state index in [1.165, 1.54) is 43.4 Å². The largest absolute Gasteiger partial charge is 0.341 e. The fourth-order valence-electron chi connectivity index (χ4n) is 6.21. The van der Waals surface area contributed by atoms with Crippen LogP contribution in [-0.4, -0.2) is 56.6 Å². The lowest BCUT2D eigenvalue weighted by Gasteiger charge is -2.28. The number of carbonyl (C=O) groups is 1. The maximum atomic E-state index is 13.2. The van der Waals surface area contributed by atoms with E-state index in [0.717, 1.165) is 81.9 Å². The van der Waals surface area contributed by atoms with E-state index in [-0.39, 0.29) is 11.9 Å². The van der Waals surface area contributed by atoms with Gasteiger partial charge in [0.25, 0.3) is 0 Å². The molecule has 2 aromatic heterocycles. The number of aromatic nitrogens is 4. The lowest BCUT2D eigenvalue weighted by molar-refractivity contribution is -0.131. The summed E-state index contributed by atoms with van der Waals surface area (Å²) in [7, 11) is 0. The minimum Gasteiger partial charge on any atom is -0.341 e. The van der Waals surface area contributed by atoms with Gasteiger partial charge in [-0.25, -0.2) is 4.98 Å². The summed E-state index contributed by atoms with van der Waals surface area (Å²) in [4.78, 5) is 27.3. The minimum atomic E-state index is -0.126. The van der Waals surface area contributed by atoms with Gasteiger partial charge in [0, 0.05) is 42.9 Å². The number of nitrogens with zero attached hydrogens (tertiary/aromatic N) is 5. The molecular formula is C25H35N7O. The molecule has 8 nitrogen and oxygen atoms in total. The summed E-state index contributed by atoms with van der Waals surface area (Å²) in [6.07, 6.45) is 13.7. The molecule has 1 amide bonds. The summed E-state index contributed by atoms with van der Waals surface area (Å²) in [6.45, 7) is 2.63. The SMILES string of the molecule is O=C(C1CCCN1c1nc2c(c(Nc3cc(C4CCCCC4)[nH]n3)n1)CCC2)N1CCCC1. The number of fused-ring (bicyclic) bond motifs is 1. The van der Waals surface area contributed by atoms with Crippen molar-refractivity contribution in [2.24, 2.45) is 0 Å². The first-order chi connectivity index (χ1) is 16.3. The van der Waals surface area contributed by atoms with Crippen LogP contribution in [0.2, 0.25) is 0 Å². The van der Waals surface area contributed by atoms with Crippen LogP contribution in [0.1, 0.15) is 87.1 Å². The van der Waals surface area contributed by atoms with Gasteiger partial charge in [0.2, 0.25) is 11.9 Å². The van der Waals surface area contributed by atoms with E-state index in [1.807, 2.05) is 4.90 Å². The van der Waals surface area contributed by atoms with Gasteiger partial charge in [-0.3, -0.25) is 9.89 Å². The quantitative estimate of drug-likeness (QED) is 0.715. The molecule has 1 unspecified atom stereocenters. The van der Waals surface area contributed by atoms with Gasteiger partial charge in [-0.15, -0.1) is 0 Å². The zero-order valence-corrected chi connectivity index (χ0v) is 19.5. The molecule has 2 saturated heterocycles. The van der Waals surface area contributed by atoms with Crippen LogP contribution in [0.3, 0.4) is 0 Å². The van der Waals surface area contributed by atoms with E-state index in [9.17, 15) is 4.79 Å². The normalized spacial score (nSPS) is 23.3. The number of hydrogen-bond acceptors (Lipinski definition) is 6. The number of H-pyrrole nitrogens is 1.